The molecule has 14 heavy (non-hydrogen) atoms. The monoisotopic (exact) mass is 194 g/mol. The van der Waals surface area contributed by atoms with E-state index in [4.69, 9.17) is 5.11 Å². The fraction of sp³-hybridized carbons (Fsp3) is 0.538. The molecule has 0 saturated heterocycles. The van der Waals surface area contributed by atoms with Gasteiger partial charge in [-0.25, -0.2) is 0 Å². The zero-order valence-corrected chi connectivity index (χ0v) is 9.75. The predicted octanol–water partition coefficient (Wildman–Crippen LogP) is 4.32. The number of hydrogen-bond donors (Lipinski definition) is 1. The summed E-state index contributed by atoms with van der Waals surface area (Å²) in [6.45, 7) is 8.57. The average Bonchev–Trinajstić information content (AvgIpc) is 2.18. The van der Waals surface area contributed by atoms with Crippen molar-refractivity contribution in [3.05, 3.63) is 29.8 Å². The number of rotatable bonds is 2. The molecule has 0 heterocycles. The Balaban J connectivity index is 0.000000364. The number of phenolic OH excluding ortho intramolecular Hbond substituents is 1. The third-order valence-corrected chi connectivity index (χ3v) is 2.04. The van der Waals surface area contributed by atoms with E-state index in [0.29, 0.717) is 11.7 Å². The zero-order chi connectivity index (χ0) is 11.0. The van der Waals surface area contributed by atoms with Crippen molar-refractivity contribution in [2.75, 3.05) is 0 Å². The van der Waals surface area contributed by atoms with Gasteiger partial charge < -0.3 is 5.11 Å². The minimum absolute atomic E-state index is 0.353. The van der Waals surface area contributed by atoms with Crippen LogP contribution >= 0.6 is 0 Å². The van der Waals surface area contributed by atoms with Gasteiger partial charge in [0.25, 0.3) is 0 Å². The molecule has 0 unspecified atom stereocenters. The first kappa shape index (κ1) is 13.0. The lowest BCUT2D eigenvalue weighted by Gasteiger charge is -2.03. The maximum Gasteiger partial charge on any atom is 0.115 e. The molecule has 1 N–H and O–H groups in total. The molecule has 0 bridgehead atoms. The lowest BCUT2D eigenvalue weighted by molar-refractivity contribution is 0.474. The first-order valence-electron chi connectivity index (χ1n) is 5.40. The SMILES string of the molecule is CC(C)c1cccc(O)c1.CCCC. The third-order valence-electron chi connectivity index (χ3n) is 2.04. The van der Waals surface area contributed by atoms with Crippen molar-refractivity contribution in [2.24, 2.45) is 0 Å². The lowest BCUT2D eigenvalue weighted by atomic mass is 10.0. The van der Waals surface area contributed by atoms with Crippen LogP contribution in [0.5, 0.6) is 5.75 Å². The summed E-state index contributed by atoms with van der Waals surface area (Å²) in [5.74, 6) is 0.846. The Hall–Kier alpha value is -0.980. The summed E-state index contributed by atoms with van der Waals surface area (Å²) in [6.07, 6.45) is 2.64. The van der Waals surface area contributed by atoms with E-state index in [-0.39, 0.29) is 0 Å². The molecule has 1 aromatic carbocycles. The largest absolute Gasteiger partial charge is 0.508 e. The van der Waals surface area contributed by atoms with E-state index in [2.05, 4.69) is 27.7 Å². The molecular formula is C13H22O. The van der Waals surface area contributed by atoms with E-state index in [1.807, 2.05) is 12.1 Å². The number of hydrogen-bond acceptors (Lipinski definition) is 1. The van der Waals surface area contributed by atoms with Gasteiger partial charge in [-0.3, -0.25) is 0 Å². The molecule has 1 heteroatoms. The number of aromatic hydroxyl groups is 1. The third kappa shape index (κ3) is 5.63. The van der Waals surface area contributed by atoms with Crippen LogP contribution in [0, 0.1) is 0 Å². The maximum atomic E-state index is 9.06. The van der Waals surface area contributed by atoms with E-state index in [0.717, 1.165) is 0 Å². The molecule has 0 atom stereocenters. The predicted molar refractivity (Wildman–Crippen MR) is 62.8 cm³/mol. The molecule has 1 aromatic rings. The van der Waals surface area contributed by atoms with Crippen LogP contribution in [-0.4, -0.2) is 5.11 Å². The Bertz CT molecular complexity index is 239. The molecule has 80 valence electrons. The van der Waals surface area contributed by atoms with Gasteiger partial charge in [-0.1, -0.05) is 52.7 Å². The summed E-state index contributed by atoms with van der Waals surface area (Å²) >= 11 is 0. The van der Waals surface area contributed by atoms with Gasteiger partial charge >= 0.3 is 0 Å². The highest BCUT2D eigenvalue weighted by Gasteiger charge is 1.97. The second-order valence-corrected chi connectivity index (χ2v) is 3.75. The van der Waals surface area contributed by atoms with E-state index >= 15 is 0 Å². The zero-order valence-electron chi connectivity index (χ0n) is 9.75. The van der Waals surface area contributed by atoms with Crippen LogP contribution in [0.3, 0.4) is 0 Å². The quantitative estimate of drug-likeness (QED) is 0.743. The van der Waals surface area contributed by atoms with Crippen LogP contribution in [0.25, 0.3) is 0 Å². The topological polar surface area (TPSA) is 20.2 Å². The van der Waals surface area contributed by atoms with E-state index in [1.165, 1.54) is 18.4 Å². The first-order valence-corrected chi connectivity index (χ1v) is 5.40. The van der Waals surface area contributed by atoms with Crippen molar-refractivity contribution in [1.29, 1.82) is 0 Å². The summed E-state index contributed by atoms with van der Waals surface area (Å²) in [5, 5.41) is 9.06. The molecule has 0 fully saturated rings. The standard InChI is InChI=1S/C9H12O.C4H10/c1-7(2)8-4-3-5-9(10)6-8;1-3-4-2/h3-7,10H,1-2H3;3-4H2,1-2H3. The van der Waals surface area contributed by atoms with Gasteiger partial charge in [0.15, 0.2) is 0 Å². The first-order chi connectivity index (χ1) is 6.61. The Morgan fingerprint density at radius 1 is 1.14 bits per heavy atom. The number of phenols is 1. The Kier molecular flexibility index (Phi) is 6.91. The van der Waals surface area contributed by atoms with Crippen LogP contribution in [0.4, 0.5) is 0 Å². The molecule has 0 amide bonds. The van der Waals surface area contributed by atoms with Gasteiger partial charge in [0.2, 0.25) is 0 Å². The van der Waals surface area contributed by atoms with Crippen LogP contribution in [-0.2, 0) is 0 Å². The van der Waals surface area contributed by atoms with Crippen LogP contribution in [0.2, 0.25) is 0 Å². The Morgan fingerprint density at radius 3 is 2.00 bits per heavy atom. The Labute approximate surface area is 87.8 Å². The van der Waals surface area contributed by atoms with Gasteiger partial charge in [0.05, 0.1) is 0 Å². The van der Waals surface area contributed by atoms with Crippen molar-refractivity contribution in [3.8, 4) is 5.75 Å². The fourth-order valence-corrected chi connectivity index (χ4v) is 0.884. The van der Waals surface area contributed by atoms with E-state index in [9.17, 15) is 0 Å². The van der Waals surface area contributed by atoms with Crippen molar-refractivity contribution in [3.63, 3.8) is 0 Å². The van der Waals surface area contributed by atoms with Crippen molar-refractivity contribution < 1.29 is 5.11 Å². The maximum absolute atomic E-state index is 9.06. The highest BCUT2D eigenvalue weighted by Crippen LogP contribution is 2.18. The van der Waals surface area contributed by atoms with Gasteiger partial charge in [0, 0.05) is 0 Å². The van der Waals surface area contributed by atoms with E-state index < -0.39 is 0 Å². The summed E-state index contributed by atoms with van der Waals surface area (Å²) in [4.78, 5) is 0. The molecule has 0 aliphatic heterocycles. The second-order valence-electron chi connectivity index (χ2n) is 3.75. The van der Waals surface area contributed by atoms with Gasteiger partial charge in [-0.05, 0) is 23.6 Å². The van der Waals surface area contributed by atoms with Gasteiger partial charge in [0.1, 0.15) is 5.75 Å². The minimum atomic E-state index is 0.353. The highest BCUT2D eigenvalue weighted by atomic mass is 16.3. The summed E-state index contributed by atoms with van der Waals surface area (Å²) in [6, 6.07) is 7.37. The molecule has 0 saturated carbocycles. The summed E-state index contributed by atoms with van der Waals surface area (Å²) in [7, 11) is 0. The Morgan fingerprint density at radius 2 is 1.71 bits per heavy atom. The second kappa shape index (κ2) is 7.43. The number of unbranched alkanes of at least 4 members (excludes halogenated alkanes) is 1. The van der Waals surface area contributed by atoms with Crippen molar-refractivity contribution >= 4 is 0 Å². The van der Waals surface area contributed by atoms with Crippen LogP contribution in [0.15, 0.2) is 24.3 Å². The van der Waals surface area contributed by atoms with Crippen LogP contribution < -0.4 is 0 Å². The minimum Gasteiger partial charge on any atom is -0.508 e. The summed E-state index contributed by atoms with van der Waals surface area (Å²) < 4.78 is 0. The van der Waals surface area contributed by atoms with Gasteiger partial charge in [-0.15, -0.1) is 0 Å². The normalized spacial score (nSPS) is 9.50. The lowest BCUT2D eigenvalue weighted by Crippen LogP contribution is -1.84. The molecule has 0 spiro atoms. The average molecular weight is 194 g/mol. The molecular weight excluding hydrogens is 172 g/mol. The summed E-state index contributed by atoms with van der Waals surface area (Å²) in [5.41, 5.74) is 1.18. The highest BCUT2D eigenvalue weighted by molar-refractivity contribution is 5.28. The van der Waals surface area contributed by atoms with Crippen molar-refractivity contribution in [2.45, 2.75) is 46.5 Å². The molecule has 1 nitrogen and oxygen atoms in total. The smallest absolute Gasteiger partial charge is 0.115 e. The van der Waals surface area contributed by atoms with Crippen molar-refractivity contribution in [1.82, 2.24) is 0 Å². The van der Waals surface area contributed by atoms with E-state index in [1.54, 1.807) is 12.1 Å². The van der Waals surface area contributed by atoms with Gasteiger partial charge in [-0.2, -0.15) is 0 Å². The van der Waals surface area contributed by atoms with Crippen LogP contribution in [0.1, 0.15) is 52.0 Å². The molecule has 0 aliphatic carbocycles. The fourth-order valence-electron chi connectivity index (χ4n) is 0.884. The molecule has 0 aliphatic rings. The number of benzene rings is 1. The molecule has 1 rings (SSSR count). The molecule has 0 radical (unpaired) electrons. The molecule has 0 aromatic heterocycles.